The quantitative estimate of drug-likeness (QED) is 0.425. The molecular formula is C13H10N3NaOS. The van der Waals surface area contributed by atoms with Gasteiger partial charge in [-0.3, -0.25) is 4.79 Å². The van der Waals surface area contributed by atoms with E-state index in [0.717, 1.165) is 22.2 Å². The summed E-state index contributed by atoms with van der Waals surface area (Å²) in [6.07, 6.45) is 1.79. The Morgan fingerprint density at radius 1 is 1.32 bits per heavy atom. The zero-order valence-corrected chi connectivity index (χ0v) is 13.5. The molecule has 1 aromatic heterocycles. The molecule has 0 aliphatic carbocycles. The fourth-order valence-corrected chi connectivity index (χ4v) is 2.27. The number of nitrogens with one attached hydrogen (secondary N) is 2. The summed E-state index contributed by atoms with van der Waals surface area (Å²) in [6, 6.07) is 7.96. The summed E-state index contributed by atoms with van der Waals surface area (Å²) in [7, 11) is 0. The molecule has 4 nitrogen and oxygen atoms in total. The minimum atomic E-state index is -0.315. The molecule has 0 atom stereocenters. The number of fused-ring (bicyclic) bond motifs is 1. The van der Waals surface area contributed by atoms with Crippen LogP contribution in [0, 0.1) is 6.92 Å². The van der Waals surface area contributed by atoms with Crippen molar-refractivity contribution < 1.29 is 34.4 Å². The number of carbonyl (C=O) groups excluding carboxylic acids is 1. The molecule has 0 radical (unpaired) electrons. The number of aromatic amines is 1. The van der Waals surface area contributed by atoms with E-state index in [1.165, 1.54) is 0 Å². The molecule has 1 aliphatic heterocycles. The van der Waals surface area contributed by atoms with Crippen molar-refractivity contribution >= 4 is 40.2 Å². The van der Waals surface area contributed by atoms with E-state index in [2.05, 4.69) is 15.6 Å². The summed E-state index contributed by atoms with van der Waals surface area (Å²) in [5, 5.41) is 7.76. The third kappa shape index (κ3) is 2.60. The van der Waals surface area contributed by atoms with Gasteiger partial charge in [-0.2, -0.15) is 0 Å². The predicted molar refractivity (Wildman–Crippen MR) is 75.1 cm³/mol. The van der Waals surface area contributed by atoms with Gasteiger partial charge in [0.1, 0.15) is 0 Å². The second kappa shape index (κ2) is 5.46. The molecule has 0 unspecified atom stereocenters. The first kappa shape index (κ1) is 14.3. The molecule has 6 heteroatoms. The van der Waals surface area contributed by atoms with Crippen molar-refractivity contribution in [2.24, 2.45) is 0 Å². The zero-order valence-electron chi connectivity index (χ0n) is 10.7. The molecule has 1 aliphatic rings. The second-order valence-corrected chi connectivity index (χ2v) is 4.50. The van der Waals surface area contributed by atoms with E-state index < -0.39 is 0 Å². The van der Waals surface area contributed by atoms with Gasteiger partial charge in [0.05, 0.1) is 0 Å². The van der Waals surface area contributed by atoms with Crippen LogP contribution in [0.5, 0.6) is 0 Å². The smallest absolute Gasteiger partial charge is 0.445 e. The third-order valence-electron chi connectivity index (χ3n) is 2.91. The standard InChI is InChI=1S/C13H11N3OS.Na/c1-7-9(6-11-12(17)16-13(18)15-11)8-4-2-3-5-10(8)14-7;/h2-6H,1H3,(H3,14,15,16,17,18);/q;+1/p-1. The van der Waals surface area contributed by atoms with Gasteiger partial charge in [-0.15, -0.1) is 0 Å². The number of benzene rings is 1. The van der Waals surface area contributed by atoms with Crippen LogP contribution in [-0.2, 0) is 4.79 Å². The van der Waals surface area contributed by atoms with Crippen LogP contribution in [0.3, 0.4) is 0 Å². The van der Waals surface area contributed by atoms with Crippen molar-refractivity contribution in [2.45, 2.75) is 6.92 Å². The first-order chi connectivity index (χ1) is 8.65. The van der Waals surface area contributed by atoms with Crippen LogP contribution in [0.4, 0.5) is 0 Å². The Kier molecular flexibility index (Phi) is 4.10. The van der Waals surface area contributed by atoms with Gasteiger partial charge < -0.3 is 15.6 Å². The van der Waals surface area contributed by atoms with Crippen LogP contribution < -0.4 is 34.9 Å². The molecule has 1 fully saturated rings. The fraction of sp³-hybridized carbons (Fsp3) is 0.0769. The summed E-state index contributed by atoms with van der Waals surface area (Å²) in [5.74, 6) is -0.315. The first-order valence-electron chi connectivity index (χ1n) is 5.51. The maximum atomic E-state index is 11.6. The van der Waals surface area contributed by atoms with Crippen LogP contribution in [0.2, 0.25) is 0 Å². The predicted octanol–water partition coefficient (Wildman–Crippen LogP) is -0.390. The van der Waals surface area contributed by atoms with E-state index in [4.69, 9.17) is 12.2 Å². The molecular weight excluding hydrogens is 269 g/mol. The van der Waals surface area contributed by atoms with Crippen LogP contribution in [0.25, 0.3) is 22.3 Å². The molecule has 2 N–H and O–H groups in total. The SMILES string of the molecule is Cc1[nH]c2ccccc2c1/C=C1\NC(=S)[N-]C1=O.[Na+]. The number of hydrogen-bond donors (Lipinski definition) is 2. The average Bonchev–Trinajstić information content (AvgIpc) is 2.81. The maximum absolute atomic E-state index is 11.6. The van der Waals surface area contributed by atoms with Gasteiger partial charge in [0.15, 0.2) is 5.91 Å². The molecule has 1 aromatic carbocycles. The van der Waals surface area contributed by atoms with Crippen LogP contribution in [0.15, 0.2) is 30.0 Å². The van der Waals surface area contributed by atoms with Gasteiger partial charge >= 0.3 is 29.6 Å². The van der Waals surface area contributed by atoms with E-state index in [9.17, 15) is 4.79 Å². The summed E-state index contributed by atoms with van der Waals surface area (Å²) in [6.45, 7) is 1.97. The average molecular weight is 279 g/mol. The van der Waals surface area contributed by atoms with Gasteiger partial charge in [-0.25, -0.2) is 0 Å². The summed E-state index contributed by atoms with van der Waals surface area (Å²) >= 11 is 4.85. The molecule has 0 spiro atoms. The largest absolute Gasteiger partial charge is 1.00 e. The van der Waals surface area contributed by atoms with Gasteiger partial charge in [0, 0.05) is 33.0 Å². The number of para-hydroxylation sites is 1. The number of H-pyrrole nitrogens is 1. The first-order valence-corrected chi connectivity index (χ1v) is 5.92. The fourth-order valence-electron chi connectivity index (χ4n) is 2.08. The Hall–Kier alpha value is -1.14. The van der Waals surface area contributed by atoms with Gasteiger partial charge in [-0.05, 0) is 19.1 Å². The molecule has 1 amide bonds. The van der Waals surface area contributed by atoms with E-state index in [0.29, 0.717) is 5.70 Å². The van der Waals surface area contributed by atoms with Gasteiger partial charge in [-0.1, -0.05) is 30.4 Å². The van der Waals surface area contributed by atoms with Crippen molar-refractivity contribution in [1.82, 2.24) is 10.3 Å². The Bertz CT molecular complexity index is 705. The topological polar surface area (TPSA) is 59.0 Å². The van der Waals surface area contributed by atoms with Crippen molar-refractivity contribution in [3.05, 3.63) is 46.5 Å². The van der Waals surface area contributed by atoms with Crippen molar-refractivity contribution in [3.63, 3.8) is 0 Å². The van der Waals surface area contributed by atoms with Crippen molar-refractivity contribution in [2.75, 3.05) is 0 Å². The molecule has 19 heavy (non-hydrogen) atoms. The van der Waals surface area contributed by atoms with Gasteiger partial charge in [0.2, 0.25) is 0 Å². The normalized spacial score (nSPS) is 16.4. The molecule has 0 bridgehead atoms. The number of rotatable bonds is 1. The number of aryl methyl sites for hydroxylation is 1. The maximum Gasteiger partial charge on any atom is 1.00 e. The number of aromatic nitrogens is 1. The van der Waals surface area contributed by atoms with E-state index >= 15 is 0 Å². The summed E-state index contributed by atoms with van der Waals surface area (Å²) < 4.78 is 0. The Labute approximate surface area is 137 Å². The summed E-state index contributed by atoms with van der Waals surface area (Å²) in [5.41, 5.74) is 3.47. The van der Waals surface area contributed by atoms with Crippen LogP contribution >= 0.6 is 12.2 Å². The third-order valence-corrected chi connectivity index (χ3v) is 3.10. The molecule has 1 saturated heterocycles. The van der Waals surface area contributed by atoms with Crippen LogP contribution in [-0.4, -0.2) is 16.0 Å². The molecule has 90 valence electrons. The monoisotopic (exact) mass is 279 g/mol. The van der Waals surface area contributed by atoms with Crippen molar-refractivity contribution in [1.29, 1.82) is 0 Å². The second-order valence-electron chi connectivity index (χ2n) is 4.11. The molecule has 2 aromatic rings. The minimum absolute atomic E-state index is 0. The number of hydrogen-bond acceptors (Lipinski definition) is 2. The number of carbonyl (C=O) groups is 1. The van der Waals surface area contributed by atoms with Crippen molar-refractivity contribution in [3.8, 4) is 0 Å². The van der Waals surface area contributed by atoms with E-state index in [1.807, 2.05) is 31.2 Å². The Balaban J connectivity index is 0.00000133. The zero-order chi connectivity index (χ0) is 12.7. The van der Waals surface area contributed by atoms with E-state index in [1.54, 1.807) is 6.08 Å². The number of thiocarbonyl (C=S) groups is 1. The Morgan fingerprint density at radius 2 is 2.05 bits per heavy atom. The Morgan fingerprint density at radius 3 is 2.74 bits per heavy atom. The number of nitrogens with zero attached hydrogens (tertiary/aromatic N) is 1. The van der Waals surface area contributed by atoms with E-state index in [-0.39, 0.29) is 40.6 Å². The molecule has 2 heterocycles. The molecule has 0 saturated carbocycles. The summed E-state index contributed by atoms with van der Waals surface area (Å²) in [4.78, 5) is 14.8. The van der Waals surface area contributed by atoms with Crippen LogP contribution in [0.1, 0.15) is 11.3 Å². The van der Waals surface area contributed by atoms with Gasteiger partial charge in [0.25, 0.3) is 0 Å². The molecule has 3 rings (SSSR count). The minimum Gasteiger partial charge on any atom is -0.445 e. The number of amides is 1.